The van der Waals surface area contributed by atoms with E-state index in [1.807, 2.05) is 10.9 Å². The van der Waals surface area contributed by atoms with Crippen LogP contribution in [0.5, 0.6) is 0 Å². The largest absolute Gasteiger partial charge is 0.393 e. The van der Waals surface area contributed by atoms with Crippen LogP contribution in [0, 0.1) is 5.92 Å². The second-order valence-electron chi connectivity index (χ2n) is 6.38. The molecule has 0 aromatic carbocycles. The molecule has 0 spiro atoms. The van der Waals surface area contributed by atoms with E-state index in [1.54, 1.807) is 7.11 Å². The lowest BCUT2D eigenvalue weighted by Crippen LogP contribution is -2.50. The first kappa shape index (κ1) is 15.9. The molecule has 2 fully saturated rings. The molecule has 6 heteroatoms. The minimum absolute atomic E-state index is 0.168. The van der Waals surface area contributed by atoms with Crippen LogP contribution in [-0.2, 0) is 22.6 Å². The van der Waals surface area contributed by atoms with Gasteiger partial charge in [-0.3, -0.25) is 9.58 Å². The molecule has 0 unspecified atom stereocenters. The van der Waals surface area contributed by atoms with E-state index < -0.39 is 0 Å². The van der Waals surface area contributed by atoms with Gasteiger partial charge in [-0.2, -0.15) is 5.10 Å². The summed E-state index contributed by atoms with van der Waals surface area (Å²) in [6, 6.07) is 0.327. The number of hydrogen-bond donors (Lipinski definition) is 1. The van der Waals surface area contributed by atoms with Crippen molar-refractivity contribution < 1.29 is 14.6 Å². The molecule has 22 heavy (non-hydrogen) atoms. The summed E-state index contributed by atoms with van der Waals surface area (Å²) in [5, 5.41) is 14.6. The molecule has 3 rings (SSSR count). The lowest BCUT2D eigenvalue weighted by Gasteiger charge is -2.39. The Morgan fingerprint density at radius 1 is 1.45 bits per heavy atom. The van der Waals surface area contributed by atoms with Crippen molar-refractivity contribution in [3.8, 4) is 0 Å². The summed E-state index contributed by atoms with van der Waals surface area (Å²) < 4.78 is 12.7. The predicted molar refractivity (Wildman–Crippen MR) is 82.5 cm³/mol. The van der Waals surface area contributed by atoms with Crippen molar-refractivity contribution in [3.63, 3.8) is 0 Å². The average molecular weight is 309 g/mol. The van der Waals surface area contributed by atoms with Crippen molar-refractivity contribution >= 4 is 0 Å². The Balaban J connectivity index is 1.62. The quantitative estimate of drug-likeness (QED) is 0.846. The smallest absolute Gasteiger partial charge is 0.0658 e. The number of rotatable bonds is 6. The third-order valence-electron chi connectivity index (χ3n) is 4.90. The molecule has 6 nitrogen and oxygen atoms in total. The van der Waals surface area contributed by atoms with Gasteiger partial charge in [0.15, 0.2) is 0 Å². The zero-order chi connectivity index (χ0) is 15.4. The van der Waals surface area contributed by atoms with E-state index in [0.29, 0.717) is 18.6 Å². The topological polar surface area (TPSA) is 59.8 Å². The normalized spacial score (nSPS) is 30.0. The Kier molecular flexibility index (Phi) is 5.46. The molecule has 1 saturated carbocycles. The fourth-order valence-electron chi connectivity index (χ4n) is 3.70. The van der Waals surface area contributed by atoms with E-state index in [4.69, 9.17) is 9.47 Å². The highest BCUT2D eigenvalue weighted by Crippen LogP contribution is 2.32. The van der Waals surface area contributed by atoms with Gasteiger partial charge in [-0.25, -0.2) is 0 Å². The molecular weight excluding hydrogens is 282 g/mol. The van der Waals surface area contributed by atoms with Gasteiger partial charge in [-0.1, -0.05) is 6.42 Å². The molecule has 0 bridgehead atoms. The van der Waals surface area contributed by atoms with Crippen LogP contribution in [0.25, 0.3) is 0 Å². The van der Waals surface area contributed by atoms with Gasteiger partial charge < -0.3 is 14.6 Å². The highest BCUT2D eigenvalue weighted by molar-refractivity contribution is 5.05. The Bertz CT molecular complexity index is 465. The number of morpholine rings is 1. The van der Waals surface area contributed by atoms with Gasteiger partial charge in [0, 0.05) is 43.9 Å². The first-order chi connectivity index (χ1) is 10.8. The number of methoxy groups -OCH3 is 1. The van der Waals surface area contributed by atoms with E-state index in [0.717, 1.165) is 52.1 Å². The summed E-state index contributed by atoms with van der Waals surface area (Å²) >= 11 is 0. The van der Waals surface area contributed by atoms with Crippen LogP contribution in [0.2, 0.25) is 0 Å². The predicted octanol–water partition coefficient (Wildman–Crippen LogP) is 0.891. The van der Waals surface area contributed by atoms with Crippen LogP contribution < -0.4 is 0 Å². The molecule has 1 aromatic heterocycles. The van der Waals surface area contributed by atoms with Crippen molar-refractivity contribution in [2.75, 3.05) is 33.5 Å². The number of aromatic nitrogens is 2. The second kappa shape index (κ2) is 7.55. The minimum Gasteiger partial charge on any atom is -0.393 e. The third-order valence-corrected chi connectivity index (χ3v) is 4.90. The number of aliphatic hydroxyl groups is 1. The summed E-state index contributed by atoms with van der Waals surface area (Å²) in [7, 11) is 1.70. The number of aliphatic hydroxyl groups excluding tert-OH is 1. The van der Waals surface area contributed by atoms with E-state index in [2.05, 4.69) is 16.2 Å². The molecule has 2 aliphatic rings. The third kappa shape index (κ3) is 3.68. The maximum Gasteiger partial charge on any atom is 0.0658 e. The molecule has 0 radical (unpaired) electrons. The summed E-state index contributed by atoms with van der Waals surface area (Å²) in [4.78, 5) is 2.46. The summed E-state index contributed by atoms with van der Waals surface area (Å²) in [6.07, 6.45) is 7.04. The van der Waals surface area contributed by atoms with Gasteiger partial charge in [-0.15, -0.1) is 0 Å². The van der Waals surface area contributed by atoms with Crippen molar-refractivity contribution in [1.82, 2.24) is 14.7 Å². The van der Waals surface area contributed by atoms with Gasteiger partial charge in [0.05, 0.1) is 38.7 Å². The van der Waals surface area contributed by atoms with Gasteiger partial charge in [0.2, 0.25) is 0 Å². The maximum atomic E-state index is 10.2. The fourth-order valence-corrected chi connectivity index (χ4v) is 3.70. The van der Waals surface area contributed by atoms with E-state index in [1.165, 1.54) is 5.56 Å². The maximum absolute atomic E-state index is 10.2. The molecule has 1 aliphatic heterocycles. The van der Waals surface area contributed by atoms with Gasteiger partial charge in [-0.05, 0) is 12.8 Å². The lowest BCUT2D eigenvalue weighted by molar-refractivity contribution is -0.0536. The number of nitrogens with zero attached hydrogens (tertiary/aromatic N) is 3. The van der Waals surface area contributed by atoms with Crippen LogP contribution in [0.1, 0.15) is 24.8 Å². The monoisotopic (exact) mass is 309 g/mol. The highest BCUT2D eigenvalue weighted by Gasteiger charge is 2.37. The standard InChI is InChI=1S/C16H27N3O3/c1-21-7-6-19-11-13(9-17-19)10-18-5-8-22-12-15(18)14-3-2-4-16(14)20/h9,11,14-16,20H,2-8,10,12H2,1H3/t14-,15+,16+/m0/s1. The van der Waals surface area contributed by atoms with E-state index in [-0.39, 0.29) is 6.10 Å². The van der Waals surface area contributed by atoms with Crippen LogP contribution >= 0.6 is 0 Å². The van der Waals surface area contributed by atoms with Gasteiger partial charge in [0.1, 0.15) is 0 Å². The summed E-state index contributed by atoms with van der Waals surface area (Å²) in [5.41, 5.74) is 1.22. The molecule has 1 N–H and O–H groups in total. The van der Waals surface area contributed by atoms with Crippen molar-refractivity contribution in [3.05, 3.63) is 18.0 Å². The van der Waals surface area contributed by atoms with Gasteiger partial charge in [0.25, 0.3) is 0 Å². The van der Waals surface area contributed by atoms with E-state index in [9.17, 15) is 5.11 Å². The van der Waals surface area contributed by atoms with Crippen LogP contribution in [-0.4, -0.2) is 65.4 Å². The van der Waals surface area contributed by atoms with Crippen LogP contribution in [0.3, 0.4) is 0 Å². The molecule has 2 heterocycles. The molecular formula is C16H27N3O3. The zero-order valence-electron chi connectivity index (χ0n) is 13.4. The first-order valence-electron chi connectivity index (χ1n) is 8.28. The molecule has 1 aliphatic carbocycles. The molecule has 3 atom stereocenters. The zero-order valence-corrected chi connectivity index (χ0v) is 13.4. The lowest BCUT2D eigenvalue weighted by atomic mass is 9.94. The summed E-state index contributed by atoms with van der Waals surface area (Å²) in [6.45, 7) is 4.78. The average Bonchev–Trinajstić information content (AvgIpc) is 3.15. The molecule has 0 amide bonds. The minimum atomic E-state index is -0.168. The Morgan fingerprint density at radius 3 is 3.14 bits per heavy atom. The summed E-state index contributed by atoms with van der Waals surface area (Å²) in [5.74, 6) is 0.351. The van der Waals surface area contributed by atoms with Crippen molar-refractivity contribution in [2.45, 2.75) is 44.5 Å². The Labute approximate surface area is 132 Å². The van der Waals surface area contributed by atoms with Crippen LogP contribution in [0.4, 0.5) is 0 Å². The van der Waals surface area contributed by atoms with E-state index >= 15 is 0 Å². The second-order valence-corrected chi connectivity index (χ2v) is 6.38. The Morgan fingerprint density at radius 2 is 2.36 bits per heavy atom. The fraction of sp³-hybridized carbons (Fsp3) is 0.812. The molecule has 1 aromatic rings. The first-order valence-corrected chi connectivity index (χ1v) is 8.28. The van der Waals surface area contributed by atoms with Crippen LogP contribution in [0.15, 0.2) is 12.4 Å². The highest BCUT2D eigenvalue weighted by atomic mass is 16.5. The molecule has 124 valence electrons. The van der Waals surface area contributed by atoms with Crippen molar-refractivity contribution in [2.24, 2.45) is 5.92 Å². The van der Waals surface area contributed by atoms with Crippen molar-refractivity contribution in [1.29, 1.82) is 0 Å². The molecule has 1 saturated heterocycles. The SMILES string of the molecule is COCCn1cc(CN2CCOC[C@@H]2[C@@H]2CCC[C@H]2O)cn1. The number of hydrogen-bond acceptors (Lipinski definition) is 5. The number of ether oxygens (including phenoxy) is 2. The Hall–Kier alpha value is -0.950. The van der Waals surface area contributed by atoms with Gasteiger partial charge >= 0.3 is 0 Å².